The summed E-state index contributed by atoms with van der Waals surface area (Å²) in [5.41, 5.74) is -1.35. The van der Waals surface area contributed by atoms with Crippen LogP contribution in [0, 0.1) is 0 Å². The van der Waals surface area contributed by atoms with Crippen LogP contribution in [0.4, 0.5) is 13.2 Å². The topological polar surface area (TPSA) is 87.7 Å². The van der Waals surface area contributed by atoms with Crippen molar-refractivity contribution in [1.29, 1.82) is 0 Å². The maximum Gasteiger partial charge on any atom is 0.402 e. The molecule has 10 heteroatoms. The molecule has 1 aliphatic rings. The molecule has 1 aliphatic heterocycles. The molecule has 0 aromatic carbocycles. The minimum atomic E-state index is -4.62. The molecule has 0 amide bonds. The average Bonchev–Trinajstić information content (AvgIpc) is 2.60. The second kappa shape index (κ2) is 5.06. The molecule has 6 nitrogen and oxygen atoms in total. The molecule has 0 bridgehead atoms. The monoisotopic (exact) mass is 278 g/mol. The summed E-state index contributed by atoms with van der Waals surface area (Å²) in [6.07, 6.45) is -4.39. The van der Waals surface area contributed by atoms with Crippen LogP contribution in [-0.2, 0) is 14.9 Å². The third kappa shape index (κ3) is 5.64. The van der Waals surface area contributed by atoms with E-state index in [1.807, 2.05) is 4.72 Å². The highest BCUT2D eigenvalue weighted by Crippen LogP contribution is 2.17. The van der Waals surface area contributed by atoms with Gasteiger partial charge in [-0.2, -0.15) is 31.0 Å². The Morgan fingerprint density at radius 1 is 1.35 bits per heavy atom. The number of halogens is 3. The van der Waals surface area contributed by atoms with Gasteiger partial charge in [-0.05, 0) is 0 Å². The summed E-state index contributed by atoms with van der Waals surface area (Å²) < 4.78 is 65.6. The van der Waals surface area contributed by atoms with Gasteiger partial charge >= 0.3 is 6.18 Å². The molecule has 1 heterocycles. The van der Waals surface area contributed by atoms with Gasteiger partial charge in [0.05, 0.1) is 6.61 Å². The van der Waals surface area contributed by atoms with Crippen LogP contribution in [0.5, 0.6) is 0 Å². The SMILES string of the molecule is O=S(=O)(NCC(F)(F)F)NCC1(O)CCOC1. The van der Waals surface area contributed by atoms with Crippen LogP contribution in [0.1, 0.15) is 6.42 Å². The van der Waals surface area contributed by atoms with Gasteiger partial charge in [0.2, 0.25) is 0 Å². The Kier molecular flexibility index (Phi) is 4.36. The molecule has 1 fully saturated rings. The molecule has 17 heavy (non-hydrogen) atoms. The number of alkyl halides is 3. The molecule has 1 saturated heterocycles. The van der Waals surface area contributed by atoms with E-state index in [0.717, 1.165) is 0 Å². The van der Waals surface area contributed by atoms with E-state index in [1.54, 1.807) is 0 Å². The number of hydrogen-bond donors (Lipinski definition) is 3. The molecule has 0 aromatic rings. The van der Waals surface area contributed by atoms with E-state index in [-0.39, 0.29) is 26.2 Å². The maximum atomic E-state index is 11.8. The molecular formula is C7H13F3N2O4S. The van der Waals surface area contributed by atoms with Crippen molar-refractivity contribution in [2.45, 2.75) is 18.2 Å². The van der Waals surface area contributed by atoms with Crippen molar-refractivity contribution in [3.8, 4) is 0 Å². The quantitative estimate of drug-likeness (QED) is 0.609. The lowest BCUT2D eigenvalue weighted by molar-refractivity contribution is -0.121. The van der Waals surface area contributed by atoms with Gasteiger partial charge in [-0.1, -0.05) is 0 Å². The lowest BCUT2D eigenvalue weighted by Gasteiger charge is -2.20. The fraction of sp³-hybridized carbons (Fsp3) is 1.00. The molecule has 0 saturated carbocycles. The van der Waals surface area contributed by atoms with Crippen molar-refractivity contribution in [2.24, 2.45) is 0 Å². The zero-order valence-corrected chi connectivity index (χ0v) is 9.57. The number of rotatable bonds is 5. The minimum Gasteiger partial charge on any atom is -0.386 e. The first-order valence-corrected chi connectivity index (χ1v) is 6.21. The fourth-order valence-electron chi connectivity index (χ4n) is 1.19. The molecular weight excluding hydrogens is 265 g/mol. The van der Waals surface area contributed by atoms with E-state index in [2.05, 4.69) is 0 Å². The Bertz CT molecular complexity index is 351. The molecule has 3 N–H and O–H groups in total. The summed E-state index contributed by atoms with van der Waals surface area (Å²) in [6.45, 7) is -1.81. The van der Waals surface area contributed by atoms with Crippen LogP contribution in [0.25, 0.3) is 0 Å². The third-order valence-corrected chi connectivity index (χ3v) is 3.19. The maximum absolute atomic E-state index is 11.8. The highest BCUT2D eigenvalue weighted by molar-refractivity contribution is 7.87. The number of aliphatic hydroxyl groups is 1. The van der Waals surface area contributed by atoms with E-state index in [0.29, 0.717) is 0 Å². The zero-order chi connectivity index (χ0) is 13.2. The van der Waals surface area contributed by atoms with Crippen LogP contribution >= 0.6 is 0 Å². The van der Waals surface area contributed by atoms with Crippen LogP contribution in [-0.4, -0.2) is 51.6 Å². The van der Waals surface area contributed by atoms with Crippen molar-refractivity contribution in [1.82, 2.24) is 9.44 Å². The van der Waals surface area contributed by atoms with Crippen molar-refractivity contribution >= 4 is 10.2 Å². The zero-order valence-electron chi connectivity index (χ0n) is 8.75. The molecule has 1 atom stereocenters. The first-order valence-electron chi connectivity index (χ1n) is 4.73. The number of hydrogen-bond acceptors (Lipinski definition) is 4. The summed E-state index contributed by atoms with van der Waals surface area (Å²) in [5, 5.41) is 9.68. The normalized spacial score (nSPS) is 26.4. The van der Waals surface area contributed by atoms with E-state index >= 15 is 0 Å². The van der Waals surface area contributed by atoms with Gasteiger partial charge in [0.25, 0.3) is 10.2 Å². The van der Waals surface area contributed by atoms with Crippen molar-refractivity contribution < 1.29 is 31.4 Å². The lowest BCUT2D eigenvalue weighted by atomic mass is 10.1. The number of nitrogens with one attached hydrogen (secondary N) is 2. The highest BCUT2D eigenvalue weighted by Gasteiger charge is 2.34. The molecule has 1 unspecified atom stereocenters. The Morgan fingerprint density at radius 3 is 2.47 bits per heavy atom. The first kappa shape index (κ1) is 14.6. The summed E-state index contributed by atoms with van der Waals surface area (Å²) in [7, 11) is -4.28. The second-order valence-corrected chi connectivity index (χ2v) is 5.37. The number of ether oxygens (including phenoxy) is 1. The second-order valence-electron chi connectivity index (χ2n) is 3.79. The van der Waals surface area contributed by atoms with E-state index in [1.165, 1.54) is 4.72 Å². The van der Waals surface area contributed by atoms with Gasteiger partial charge in [0.15, 0.2) is 0 Å². The predicted molar refractivity (Wildman–Crippen MR) is 51.4 cm³/mol. The Hall–Kier alpha value is -0.420. The predicted octanol–water partition coefficient (Wildman–Crippen LogP) is -0.876. The van der Waals surface area contributed by atoms with Gasteiger partial charge in [0.1, 0.15) is 12.1 Å². The highest BCUT2D eigenvalue weighted by atomic mass is 32.2. The fourth-order valence-corrected chi connectivity index (χ4v) is 2.11. The van der Waals surface area contributed by atoms with Crippen LogP contribution in [0.3, 0.4) is 0 Å². The molecule has 102 valence electrons. The van der Waals surface area contributed by atoms with Crippen LogP contribution in [0.2, 0.25) is 0 Å². The lowest BCUT2D eigenvalue weighted by Crippen LogP contribution is -2.48. The van der Waals surface area contributed by atoms with Gasteiger partial charge in [0, 0.05) is 19.6 Å². The third-order valence-electron chi connectivity index (χ3n) is 2.14. The summed E-state index contributed by atoms with van der Waals surface area (Å²) >= 11 is 0. The van der Waals surface area contributed by atoms with Crippen LogP contribution in [0.15, 0.2) is 0 Å². The first-order chi connectivity index (χ1) is 7.62. The van der Waals surface area contributed by atoms with E-state index in [4.69, 9.17) is 4.74 Å². The van der Waals surface area contributed by atoms with Gasteiger partial charge in [-0.3, -0.25) is 0 Å². The molecule has 0 spiro atoms. The Labute approximate surface area is 96.3 Å². The Morgan fingerprint density at radius 2 is 2.00 bits per heavy atom. The molecule has 0 aromatic heterocycles. The smallest absolute Gasteiger partial charge is 0.386 e. The summed E-state index contributed by atoms with van der Waals surface area (Å²) in [6, 6.07) is 0. The molecule has 1 rings (SSSR count). The van der Waals surface area contributed by atoms with Crippen molar-refractivity contribution in [2.75, 3.05) is 26.3 Å². The van der Waals surface area contributed by atoms with Gasteiger partial charge < -0.3 is 9.84 Å². The molecule has 0 radical (unpaired) electrons. The Balaban J connectivity index is 2.39. The molecule has 0 aliphatic carbocycles. The summed E-state index contributed by atoms with van der Waals surface area (Å²) in [5.74, 6) is 0. The van der Waals surface area contributed by atoms with E-state index < -0.39 is 28.5 Å². The van der Waals surface area contributed by atoms with Crippen LogP contribution < -0.4 is 9.44 Å². The summed E-state index contributed by atoms with van der Waals surface area (Å²) in [4.78, 5) is 0. The average molecular weight is 278 g/mol. The van der Waals surface area contributed by atoms with Crippen molar-refractivity contribution in [3.63, 3.8) is 0 Å². The van der Waals surface area contributed by atoms with E-state index in [9.17, 15) is 26.7 Å². The van der Waals surface area contributed by atoms with Gasteiger partial charge in [-0.25, -0.2) is 0 Å². The largest absolute Gasteiger partial charge is 0.402 e. The van der Waals surface area contributed by atoms with Crippen molar-refractivity contribution in [3.05, 3.63) is 0 Å². The minimum absolute atomic E-state index is 0.0468. The van der Waals surface area contributed by atoms with Gasteiger partial charge in [-0.15, -0.1) is 0 Å². The standard InChI is InChI=1S/C7H13F3N2O4S/c8-7(9,10)4-12-17(14,15)11-3-6(13)1-2-16-5-6/h11-13H,1-5H2.